The average Bonchev–Trinajstić information content (AvgIpc) is 3.55. The minimum absolute atomic E-state index is 0.277. The summed E-state index contributed by atoms with van der Waals surface area (Å²) < 4.78 is 9.74. The minimum atomic E-state index is -0.277. The van der Waals surface area contributed by atoms with Gasteiger partial charge in [0.25, 0.3) is 0 Å². The highest BCUT2D eigenvalue weighted by Gasteiger charge is 2.55. The third-order valence-electron chi connectivity index (χ3n) is 7.45. The van der Waals surface area contributed by atoms with Gasteiger partial charge in [-0.3, -0.25) is 0 Å². The predicted octanol–water partition coefficient (Wildman–Crippen LogP) is 7.33. The van der Waals surface area contributed by atoms with Gasteiger partial charge in [-0.1, -0.05) is 62.0 Å². The molecule has 0 amide bonds. The van der Waals surface area contributed by atoms with Crippen LogP contribution in [0.1, 0.15) is 66.2 Å². The van der Waals surface area contributed by atoms with E-state index in [0.717, 1.165) is 46.6 Å². The van der Waals surface area contributed by atoms with Crippen molar-refractivity contribution in [2.75, 3.05) is 13.2 Å². The van der Waals surface area contributed by atoms with Gasteiger partial charge in [-0.15, -0.1) is 0 Å². The van der Waals surface area contributed by atoms with Crippen LogP contribution < -0.4 is 0 Å². The molecule has 4 nitrogen and oxygen atoms in total. The molecule has 0 heterocycles. The van der Waals surface area contributed by atoms with Crippen molar-refractivity contribution in [3.05, 3.63) is 45.5 Å². The van der Waals surface area contributed by atoms with Gasteiger partial charge in [-0.05, 0) is 86.2 Å². The zero-order valence-electron chi connectivity index (χ0n) is 20.8. The molecule has 6 atom stereocenters. The van der Waals surface area contributed by atoms with Gasteiger partial charge in [0.2, 0.25) is 0 Å². The molecular formula is C28H38Cl2O4. The molecule has 4 rings (SSSR count). The highest BCUT2D eigenvalue weighted by molar-refractivity contribution is 6.31. The number of allylic oxidation sites excluding steroid dienone is 6. The van der Waals surface area contributed by atoms with Crippen molar-refractivity contribution in [1.82, 2.24) is 0 Å². The molecule has 0 aromatic heterocycles. The number of hydrogen-bond acceptors (Lipinski definition) is 4. The first-order chi connectivity index (χ1) is 16.4. The largest absolute Gasteiger partial charge is 0.463 e. The summed E-state index contributed by atoms with van der Waals surface area (Å²) in [6, 6.07) is 0. The highest BCUT2D eigenvalue weighted by Crippen LogP contribution is 2.63. The Morgan fingerprint density at radius 2 is 1.15 bits per heavy atom. The van der Waals surface area contributed by atoms with Crippen molar-refractivity contribution < 1.29 is 19.1 Å². The lowest BCUT2D eigenvalue weighted by Crippen LogP contribution is -1.99. The van der Waals surface area contributed by atoms with Crippen molar-refractivity contribution >= 4 is 35.1 Å². The van der Waals surface area contributed by atoms with E-state index in [1.807, 2.05) is 26.0 Å². The van der Waals surface area contributed by atoms with E-state index in [-0.39, 0.29) is 11.9 Å². The molecule has 0 N–H and O–H groups in total. The number of esters is 2. The summed E-state index contributed by atoms with van der Waals surface area (Å²) in [6.07, 6.45) is 13.7. The van der Waals surface area contributed by atoms with Crippen molar-refractivity contribution in [2.24, 2.45) is 35.5 Å². The standard InChI is InChI=1S/2C14H19ClO2/c2*1-3-5-9-11-8-12(15)10(14(9)11)6-7-13(16)17-4-2/h2*6-7,9,11,14H,3-5,8H2,1-2H3/b2*7-6+/t9-,11+,14+;9-,11-,14-/m01/s1. The maximum atomic E-state index is 11.3. The summed E-state index contributed by atoms with van der Waals surface area (Å²) >= 11 is 12.4. The predicted molar refractivity (Wildman–Crippen MR) is 137 cm³/mol. The first kappa shape index (κ1) is 27.1. The summed E-state index contributed by atoms with van der Waals surface area (Å²) in [6.45, 7) is 8.88. The molecule has 188 valence electrons. The molecule has 0 aliphatic heterocycles. The topological polar surface area (TPSA) is 52.6 Å². The van der Waals surface area contributed by atoms with Crippen LogP contribution in [0.5, 0.6) is 0 Å². The number of hydrogen-bond donors (Lipinski definition) is 0. The summed E-state index contributed by atoms with van der Waals surface area (Å²) in [5.74, 6) is 3.73. The number of ether oxygens (including phenoxy) is 2. The second-order valence-corrected chi connectivity index (χ2v) is 10.5. The van der Waals surface area contributed by atoms with Gasteiger partial charge in [-0.25, -0.2) is 9.59 Å². The average molecular weight is 510 g/mol. The Balaban J connectivity index is 0.000000191. The smallest absolute Gasteiger partial charge is 0.330 e. The Hall–Kier alpha value is -1.52. The van der Waals surface area contributed by atoms with Gasteiger partial charge >= 0.3 is 11.9 Å². The number of carbonyl (C=O) groups is 2. The van der Waals surface area contributed by atoms with E-state index in [2.05, 4.69) is 13.8 Å². The summed E-state index contributed by atoms with van der Waals surface area (Å²) in [5.41, 5.74) is 2.34. The fraction of sp³-hybridized carbons (Fsp3) is 0.643. The zero-order chi connectivity index (χ0) is 24.8. The van der Waals surface area contributed by atoms with Crippen LogP contribution in [0.25, 0.3) is 0 Å². The second-order valence-electron chi connectivity index (χ2n) is 9.58. The molecule has 0 spiro atoms. The van der Waals surface area contributed by atoms with Gasteiger partial charge < -0.3 is 9.47 Å². The normalized spacial score (nSPS) is 30.9. The van der Waals surface area contributed by atoms with E-state index in [1.165, 1.54) is 49.0 Å². The molecule has 0 radical (unpaired) electrons. The van der Waals surface area contributed by atoms with Crippen LogP contribution in [0.2, 0.25) is 0 Å². The molecular weight excluding hydrogens is 471 g/mol. The number of halogens is 2. The summed E-state index contributed by atoms with van der Waals surface area (Å²) in [5, 5.41) is 1.88. The first-order valence-electron chi connectivity index (χ1n) is 12.8. The summed E-state index contributed by atoms with van der Waals surface area (Å²) in [7, 11) is 0. The molecule has 4 aliphatic carbocycles. The van der Waals surface area contributed by atoms with E-state index in [1.54, 1.807) is 0 Å². The molecule has 4 aliphatic rings. The third kappa shape index (κ3) is 6.37. The van der Waals surface area contributed by atoms with Crippen molar-refractivity contribution in [3.8, 4) is 0 Å². The van der Waals surface area contributed by atoms with Crippen LogP contribution in [-0.2, 0) is 19.1 Å². The maximum Gasteiger partial charge on any atom is 0.330 e. The van der Waals surface area contributed by atoms with Crippen molar-refractivity contribution in [2.45, 2.75) is 66.2 Å². The number of fused-ring (bicyclic) bond motifs is 2. The molecule has 2 saturated carbocycles. The van der Waals surface area contributed by atoms with Crippen LogP contribution in [0, 0.1) is 35.5 Å². The quantitative estimate of drug-likeness (QED) is 0.229. The van der Waals surface area contributed by atoms with Crippen LogP contribution in [0.3, 0.4) is 0 Å². The highest BCUT2D eigenvalue weighted by atomic mass is 35.5. The lowest BCUT2D eigenvalue weighted by Gasteiger charge is -2.04. The van der Waals surface area contributed by atoms with Crippen LogP contribution in [-0.4, -0.2) is 25.2 Å². The fourth-order valence-electron chi connectivity index (χ4n) is 5.93. The maximum absolute atomic E-state index is 11.3. The molecule has 0 saturated heterocycles. The van der Waals surface area contributed by atoms with E-state index < -0.39 is 0 Å². The van der Waals surface area contributed by atoms with Gasteiger partial charge in [0.15, 0.2) is 0 Å². The van der Waals surface area contributed by atoms with Crippen LogP contribution in [0.4, 0.5) is 0 Å². The Kier molecular flexibility index (Phi) is 9.91. The monoisotopic (exact) mass is 508 g/mol. The van der Waals surface area contributed by atoms with Crippen molar-refractivity contribution in [3.63, 3.8) is 0 Å². The molecule has 0 unspecified atom stereocenters. The molecule has 0 aromatic rings. The fourth-order valence-corrected chi connectivity index (χ4v) is 6.67. The Bertz CT molecular complexity index is 813. The molecule has 6 heteroatoms. The van der Waals surface area contributed by atoms with Gasteiger partial charge in [0.05, 0.1) is 13.2 Å². The molecule has 0 bridgehead atoms. The Morgan fingerprint density at radius 3 is 1.47 bits per heavy atom. The molecule has 2 fully saturated rings. The van der Waals surface area contributed by atoms with Crippen molar-refractivity contribution in [1.29, 1.82) is 0 Å². The van der Waals surface area contributed by atoms with Crippen LogP contribution in [0.15, 0.2) is 45.5 Å². The lowest BCUT2D eigenvalue weighted by atomic mass is 10.1. The SMILES string of the molecule is CCC[C@@H]1[C@H]2CC(Cl)=C(/C=C/C(=O)OCC)[C@@H]12.CCC[C@H]1[C@H]2CC(Cl)=C(/C=C/C(=O)OCC)[C@H]21. The minimum Gasteiger partial charge on any atom is -0.463 e. The number of rotatable bonds is 10. The van der Waals surface area contributed by atoms with Gasteiger partial charge in [0, 0.05) is 22.2 Å². The van der Waals surface area contributed by atoms with E-state index >= 15 is 0 Å². The zero-order valence-corrected chi connectivity index (χ0v) is 22.3. The van der Waals surface area contributed by atoms with Gasteiger partial charge in [-0.2, -0.15) is 0 Å². The Morgan fingerprint density at radius 1 is 0.765 bits per heavy atom. The van der Waals surface area contributed by atoms with Gasteiger partial charge in [0.1, 0.15) is 0 Å². The van der Waals surface area contributed by atoms with E-state index in [0.29, 0.717) is 25.0 Å². The number of carbonyl (C=O) groups excluding carboxylic acids is 2. The Labute approximate surface area is 214 Å². The third-order valence-corrected chi connectivity index (χ3v) is 8.20. The van der Waals surface area contributed by atoms with E-state index in [4.69, 9.17) is 32.7 Å². The second kappa shape index (κ2) is 12.4. The lowest BCUT2D eigenvalue weighted by molar-refractivity contribution is -0.138. The molecule has 0 aromatic carbocycles. The molecule has 34 heavy (non-hydrogen) atoms. The van der Waals surface area contributed by atoms with Crippen LogP contribution >= 0.6 is 23.2 Å². The van der Waals surface area contributed by atoms with E-state index in [9.17, 15) is 9.59 Å². The summed E-state index contributed by atoms with van der Waals surface area (Å²) in [4.78, 5) is 22.5. The first-order valence-corrected chi connectivity index (χ1v) is 13.6.